The number of halogens is 4. The Morgan fingerprint density at radius 1 is 1.47 bits per heavy atom. The molecule has 2 rings (SSSR count). The summed E-state index contributed by atoms with van der Waals surface area (Å²) in [7, 11) is 0. The lowest BCUT2D eigenvalue weighted by Gasteiger charge is -2.32. The summed E-state index contributed by atoms with van der Waals surface area (Å²) in [5.41, 5.74) is 5.52. The maximum atomic E-state index is 12.6. The maximum absolute atomic E-state index is 12.6. The molecule has 2 N–H and O–H groups in total. The van der Waals surface area contributed by atoms with Crippen molar-refractivity contribution in [1.82, 2.24) is 14.5 Å². The molecule has 5 nitrogen and oxygen atoms in total. The summed E-state index contributed by atoms with van der Waals surface area (Å²) in [6.07, 6.45) is 2.67. The van der Waals surface area contributed by atoms with Gasteiger partial charge in [0.15, 0.2) is 0 Å². The highest BCUT2D eigenvalue weighted by Gasteiger charge is 2.21. The molecule has 1 fully saturated rings. The molecule has 0 amide bonds. The maximum Gasteiger partial charge on any atom is 0.319 e. The van der Waals surface area contributed by atoms with Crippen LogP contribution in [0, 0.1) is 0 Å². The number of ether oxygens (including phenoxy) is 1. The molecule has 2 heterocycles. The van der Waals surface area contributed by atoms with Gasteiger partial charge in [-0.1, -0.05) is 0 Å². The third kappa shape index (κ3) is 4.85. The van der Waals surface area contributed by atoms with Crippen molar-refractivity contribution in [3.8, 4) is 0 Å². The molecule has 0 bridgehead atoms. The molecule has 0 aliphatic carbocycles. The largest absolute Gasteiger partial charge is 0.374 e. The number of rotatable bonds is 4. The summed E-state index contributed by atoms with van der Waals surface area (Å²) in [5, 5.41) is 0. The second-order valence-electron chi connectivity index (χ2n) is 3.99. The third-order valence-electron chi connectivity index (χ3n) is 2.81. The molecule has 1 atom stereocenters. The summed E-state index contributed by atoms with van der Waals surface area (Å²) in [6.45, 7) is 0.256. The van der Waals surface area contributed by atoms with E-state index in [0.29, 0.717) is 38.6 Å². The number of aromatic nitrogens is 2. The highest BCUT2D eigenvalue weighted by molar-refractivity contribution is 5.85. The van der Waals surface area contributed by atoms with Crippen molar-refractivity contribution in [2.75, 3.05) is 26.2 Å². The van der Waals surface area contributed by atoms with Gasteiger partial charge in [0.2, 0.25) is 0 Å². The van der Waals surface area contributed by atoms with E-state index < -0.39 is 6.55 Å². The molecule has 0 saturated carbocycles. The summed E-state index contributed by atoms with van der Waals surface area (Å²) in [5.74, 6) is 0.373. The molecule has 112 valence electrons. The van der Waals surface area contributed by atoms with Gasteiger partial charge in [0.1, 0.15) is 5.82 Å². The minimum Gasteiger partial charge on any atom is -0.374 e. The predicted molar refractivity (Wildman–Crippen MR) is 72.0 cm³/mol. The molecule has 9 heteroatoms. The van der Waals surface area contributed by atoms with E-state index in [1.807, 2.05) is 4.90 Å². The zero-order chi connectivity index (χ0) is 12.3. The lowest BCUT2D eigenvalue weighted by atomic mass is 10.2. The molecule has 0 radical (unpaired) electrons. The van der Waals surface area contributed by atoms with Crippen molar-refractivity contribution >= 4 is 24.8 Å². The van der Waals surface area contributed by atoms with Crippen LogP contribution >= 0.6 is 24.8 Å². The summed E-state index contributed by atoms with van der Waals surface area (Å²) < 4.78 is 31.5. The van der Waals surface area contributed by atoms with E-state index in [1.54, 1.807) is 0 Å². The van der Waals surface area contributed by atoms with Gasteiger partial charge in [-0.15, -0.1) is 24.8 Å². The Labute approximate surface area is 122 Å². The SMILES string of the molecule is Cl.Cl.NCC1CN(Cc2nccn2C(F)F)CCO1. The minimum atomic E-state index is -2.54. The fourth-order valence-corrected chi connectivity index (χ4v) is 1.91. The zero-order valence-corrected chi connectivity index (χ0v) is 11.9. The average Bonchev–Trinajstić information content (AvgIpc) is 2.77. The topological polar surface area (TPSA) is 56.3 Å². The van der Waals surface area contributed by atoms with Gasteiger partial charge >= 0.3 is 6.55 Å². The van der Waals surface area contributed by atoms with Gasteiger partial charge in [-0.2, -0.15) is 8.78 Å². The molecular weight excluding hydrogens is 301 g/mol. The van der Waals surface area contributed by atoms with E-state index in [9.17, 15) is 8.78 Å². The average molecular weight is 319 g/mol. The summed E-state index contributed by atoms with van der Waals surface area (Å²) in [6, 6.07) is 0. The number of alkyl halides is 2. The molecule has 1 unspecified atom stereocenters. The van der Waals surface area contributed by atoms with Gasteiger partial charge in [-0.3, -0.25) is 9.47 Å². The van der Waals surface area contributed by atoms with E-state index in [0.717, 1.165) is 4.57 Å². The van der Waals surface area contributed by atoms with Crippen LogP contribution in [0.4, 0.5) is 8.78 Å². The highest BCUT2D eigenvalue weighted by atomic mass is 35.5. The number of hydrogen-bond donors (Lipinski definition) is 1. The number of nitrogens with zero attached hydrogens (tertiary/aromatic N) is 3. The second kappa shape index (κ2) is 8.65. The van der Waals surface area contributed by atoms with E-state index in [2.05, 4.69) is 4.98 Å². The molecular formula is C10H18Cl2F2N4O. The lowest BCUT2D eigenvalue weighted by molar-refractivity contribution is -0.0285. The van der Waals surface area contributed by atoms with Crippen LogP contribution in [0.3, 0.4) is 0 Å². The van der Waals surface area contributed by atoms with Crippen molar-refractivity contribution in [2.45, 2.75) is 19.2 Å². The minimum absolute atomic E-state index is 0. The lowest BCUT2D eigenvalue weighted by Crippen LogP contribution is -2.45. The molecule has 1 saturated heterocycles. The predicted octanol–water partition coefficient (Wildman–Crippen LogP) is 1.28. The first kappa shape index (κ1) is 18.5. The quantitative estimate of drug-likeness (QED) is 0.908. The molecule has 1 aliphatic heterocycles. The number of imidazole rings is 1. The Morgan fingerprint density at radius 3 is 2.84 bits per heavy atom. The Hall–Kier alpha value is -0.470. The normalized spacial score (nSPS) is 19.9. The summed E-state index contributed by atoms with van der Waals surface area (Å²) in [4.78, 5) is 5.98. The van der Waals surface area contributed by atoms with Crippen molar-refractivity contribution in [3.63, 3.8) is 0 Å². The van der Waals surface area contributed by atoms with E-state index in [-0.39, 0.29) is 30.9 Å². The third-order valence-corrected chi connectivity index (χ3v) is 2.81. The smallest absolute Gasteiger partial charge is 0.319 e. The van der Waals surface area contributed by atoms with E-state index >= 15 is 0 Å². The molecule has 0 aromatic carbocycles. The van der Waals surface area contributed by atoms with Gasteiger partial charge in [0.25, 0.3) is 0 Å². The first-order valence-corrected chi connectivity index (χ1v) is 5.54. The van der Waals surface area contributed by atoms with Crippen LogP contribution in [0.2, 0.25) is 0 Å². The van der Waals surface area contributed by atoms with Gasteiger partial charge in [0, 0.05) is 32.0 Å². The van der Waals surface area contributed by atoms with Crippen molar-refractivity contribution < 1.29 is 13.5 Å². The van der Waals surface area contributed by atoms with Crippen LogP contribution in [-0.2, 0) is 11.3 Å². The molecule has 1 aliphatic rings. The molecule has 1 aromatic heterocycles. The van der Waals surface area contributed by atoms with Gasteiger partial charge in [-0.25, -0.2) is 4.98 Å². The van der Waals surface area contributed by atoms with Gasteiger partial charge in [0.05, 0.1) is 19.3 Å². The molecule has 19 heavy (non-hydrogen) atoms. The second-order valence-corrected chi connectivity index (χ2v) is 3.99. The first-order valence-electron chi connectivity index (χ1n) is 5.54. The van der Waals surface area contributed by atoms with Crippen molar-refractivity contribution in [1.29, 1.82) is 0 Å². The van der Waals surface area contributed by atoms with Crippen LogP contribution < -0.4 is 5.73 Å². The van der Waals surface area contributed by atoms with Crippen LogP contribution in [0.15, 0.2) is 12.4 Å². The van der Waals surface area contributed by atoms with Crippen molar-refractivity contribution in [3.05, 3.63) is 18.2 Å². The fraction of sp³-hybridized carbons (Fsp3) is 0.700. The van der Waals surface area contributed by atoms with E-state index in [4.69, 9.17) is 10.5 Å². The number of morpholine rings is 1. The Kier molecular flexibility index (Phi) is 8.44. The fourth-order valence-electron chi connectivity index (χ4n) is 1.91. The van der Waals surface area contributed by atoms with Crippen LogP contribution in [0.25, 0.3) is 0 Å². The van der Waals surface area contributed by atoms with Crippen LogP contribution in [0.1, 0.15) is 12.4 Å². The first-order chi connectivity index (χ1) is 8.20. The monoisotopic (exact) mass is 318 g/mol. The highest BCUT2D eigenvalue weighted by Crippen LogP contribution is 2.15. The zero-order valence-electron chi connectivity index (χ0n) is 10.2. The van der Waals surface area contributed by atoms with Crippen LogP contribution in [0.5, 0.6) is 0 Å². The van der Waals surface area contributed by atoms with Gasteiger partial charge < -0.3 is 10.5 Å². The molecule has 0 spiro atoms. The molecule has 1 aromatic rings. The number of nitrogens with two attached hydrogens (primary N) is 1. The van der Waals surface area contributed by atoms with Crippen molar-refractivity contribution in [2.24, 2.45) is 5.73 Å². The number of hydrogen-bond acceptors (Lipinski definition) is 4. The Morgan fingerprint density at radius 2 is 2.21 bits per heavy atom. The Balaban J connectivity index is 0.00000162. The summed E-state index contributed by atoms with van der Waals surface area (Å²) >= 11 is 0. The Bertz CT molecular complexity index is 367. The van der Waals surface area contributed by atoms with Crippen LogP contribution in [-0.4, -0.2) is 46.8 Å². The standard InChI is InChI=1S/C10H16F2N4O.2ClH/c11-10(12)16-2-1-14-9(16)7-15-3-4-17-8(5-13)6-15;;/h1-2,8,10H,3-7,13H2;2*1H. The van der Waals surface area contributed by atoms with Gasteiger partial charge in [-0.05, 0) is 0 Å². The van der Waals surface area contributed by atoms with E-state index in [1.165, 1.54) is 12.4 Å².